The predicted octanol–water partition coefficient (Wildman–Crippen LogP) is 5.68. The molecule has 0 aliphatic rings. The van der Waals surface area contributed by atoms with E-state index in [9.17, 15) is 0 Å². The maximum Gasteiger partial charge on any atom is 0.120 e. The molecule has 0 radical (unpaired) electrons. The summed E-state index contributed by atoms with van der Waals surface area (Å²) in [7, 11) is 1.65. The molecule has 0 spiro atoms. The van der Waals surface area contributed by atoms with Gasteiger partial charge in [-0.2, -0.15) is 0 Å². The van der Waals surface area contributed by atoms with Crippen molar-refractivity contribution in [2.75, 3.05) is 7.11 Å². The van der Waals surface area contributed by atoms with Gasteiger partial charge in [0, 0.05) is 16.8 Å². The number of hydrogen-bond donors (Lipinski definition) is 0. The van der Waals surface area contributed by atoms with Gasteiger partial charge in [0.2, 0.25) is 0 Å². The lowest BCUT2D eigenvalue weighted by atomic mass is 10.2. The van der Waals surface area contributed by atoms with Crippen molar-refractivity contribution in [3.05, 3.63) is 88.9 Å². The minimum Gasteiger partial charge on any atom is -0.497 e. The van der Waals surface area contributed by atoms with Gasteiger partial charge in [-0.1, -0.05) is 41.9 Å². The zero-order valence-corrected chi connectivity index (χ0v) is 14.6. The second kappa shape index (κ2) is 8.36. The Balaban J connectivity index is 1.66. The van der Waals surface area contributed by atoms with Crippen LogP contribution < -0.4 is 9.47 Å². The van der Waals surface area contributed by atoms with Crippen molar-refractivity contribution in [3.63, 3.8) is 0 Å². The zero-order chi connectivity index (χ0) is 17.5. The molecule has 0 bridgehead atoms. The van der Waals surface area contributed by atoms with Gasteiger partial charge in [-0.15, -0.1) is 0 Å². The molecule has 4 heteroatoms. The largest absolute Gasteiger partial charge is 0.497 e. The van der Waals surface area contributed by atoms with Gasteiger partial charge in [0.25, 0.3) is 0 Å². The summed E-state index contributed by atoms with van der Waals surface area (Å²) < 4.78 is 11.0. The van der Waals surface area contributed by atoms with Crippen molar-refractivity contribution in [1.82, 2.24) is 0 Å². The average Bonchev–Trinajstić information content (AvgIpc) is 2.66. The van der Waals surface area contributed by atoms with Crippen molar-refractivity contribution in [2.24, 2.45) is 4.99 Å². The van der Waals surface area contributed by atoms with E-state index >= 15 is 0 Å². The van der Waals surface area contributed by atoms with Crippen molar-refractivity contribution in [1.29, 1.82) is 0 Å². The third kappa shape index (κ3) is 4.85. The highest BCUT2D eigenvalue weighted by atomic mass is 35.5. The van der Waals surface area contributed by atoms with Crippen molar-refractivity contribution in [3.8, 4) is 11.5 Å². The number of benzene rings is 3. The monoisotopic (exact) mass is 351 g/mol. The van der Waals surface area contributed by atoms with Gasteiger partial charge in [0.1, 0.15) is 18.1 Å². The van der Waals surface area contributed by atoms with Gasteiger partial charge in [0.15, 0.2) is 0 Å². The van der Waals surface area contributed by atoms with Gasteiger partial charge in [-0.25, -0.2) is 0 Å². The number of rotatable bonds is 6. The summed E-state index contributed by atoms with van der Waals surface area (Å²) in [5.41, 5.74) is 2.79. The second-order valence-corrected chi connectivity index (χ2v) is 5.82. The third-order valence-electron chi connectivity index (χ3n) is 3.65. The minimum absolute atomic E-state index is 0.429. The number of nitrogens with zero attached hydrogens (tertiary/aromatic N) is 1. The van der Waals surface area contributed by atoms with E-state index in [0.717, 1.165) is 28.3 Å². The molecule has 126 valence electrons. The van der Waals surface area contributed by atoms with E-state index in [1.165, 1.54) is 0 Å². The maximum absolute atomic E-state index is 6.15. The lowest BCUT2D eigenvalue weighted by Gasteiger charge is -2.08. The molecule has 0 aliphatic heterocycles. The molecule has 0 aliphatic carbocycles. The molecule has 3 rings (SSSR count). The number of methoxy groups -OCH3 is 1. The maximum atomic E-state index is 6.15. The van der Waals surface area contributed by atoms with Crippen LogP contribution in [0.5, 0.6) is 11.5 Å². The van der Waals surface area contributed by atoms with Crippen LogP contribution in [0.3, 0.4) is 0 Å². The van der Waals surface area contributed by atoms with Gasteiger partial charge < -0.3 is 9.47 Å². The van der Waals surface area contributed by atoms with Crippen LogP contribution in [0.4, 0.5) is 5.69 Å². The summed E-state index contributed by atoms with van der Waals surface area (Å²) in [4.78, 5) is 4.47. The van der Waals surface area contributed by atoms with Crippen molar-refractivity contribution in [2.45, 2.75) is 6.61 Å². The second-order valence-electron chi connectivity index (χ2n) is 5.41. The van der Waals surface area contributed by atoms with E-state index in [1.807, 2.05) is 79.0 Å². The van der Waals surface area contributed by atoms with E-state index in [0.29, 0.717) is 11.6 Å². The number of halogens is 1. The first-order valence-corrected chi connectivity index (χ1v) is 8.27. The van der Waals surface area contributed by atoms with Crippen LogP contribution in [0.15, 0.2) is 77.8 Å². The summed E-state index contributed by atoms with van der Waals surface area (Å²) in [5, 5.41) is 0.708. The van der Waals surface area contributed by atoms with Gasteiger partial charge in [-0.3, -0.25) is 4.99 Å². The van der Waals surface area contributed by atoms with Crippen LogP contribution in [0.1, 0.15) is 11.1 Å². The van der Waals surface area contributed by atoms with Crippen LogP contribution in [-0.4, -0.2) is 13.3 Å². The summed E-state index contributed by atoms with van der Waals surface area (Å²) in [6.07, 6.45) is 1.81. The molecular weight excluding hydrogens is 334 g/mol. The standard InChI is InChI=1S/C21H18ClNO2/c1-24-19-11-9-18(10-12-19)23-14-16-5-4-7-20(13-16)25-15-17-6-2-3-8-21(17)22/h2-14H,15H2,1H3. The fourth-order valence-electron chi connectivity index (χ4n) is 2.28. The number of ether oxygens (including phenoxy) is 2. The average molecular weight is 352 g/mol. The molecule has 0 atom stereocenters. The summed E-state index contributed by atoms with van der Waals surface area (Å²) in [6, 6.07) is 23.0. The lowest BCUT2D eigenvalue weighted by molar-refractivity contribution is 0.306. The Hall–Kier alpha value is -2.78. The highest BCUT2D eigenvalue weighted by molar-refractivity contribution is 6.31. The normalized spacial score (nSPS) is 10.8. The SMILES string of the molecule is COc1ccc(N=Cc2cccc(OCc3ccccc3Cl)c2)cc1. The molecule has 0 amide bonds. The first kappa shape index (κ1) is 17.1. The van der Waals surface area contributed by atoms with Crippen molar-refractivity contribution >= 4 is 23.5 Å². The van der Waals surface area contributed by atoms with Crippen LogP contribution in [0.2, 0.25) is 5.02 Å². The quantitative estimate of drug-likeness (QED) is 0.535. The first-order valence-electron chi connectivity index (χ1n) is 7.89. The Morgan fingerprint density at radius 3 is 2.48 bits per heavy atom. The van der Waals surface area contributed by atoms with E-state index in [1.54, 1.807) is 7.11 Å². The fourth-order valence-corrected chi connectivity index (χ4v) is 2.47. The Kier molecular flexibility index (Phi) is 5.70. The fraction of sp³-hybridized carbons (Fsp3) is 0.0952. The van der Waals surface area contributed by atoms with Crippen LogP contribution in [-0.2, 0) is 6.61 Å². The zero-order valence-electron chi connectivity index (χ0n) is 13.9. The Bertz CT molecular complexity index is 860. The van der Waals surface area contributed by atoms with Crippen LogP contribution in [0, 0.1) is 0 Å². The van der Waals surface area contributed by atoms with E-state index < -0.39 is 0 Å². The molecule has 3 aromatic rings. The topological polar surface area (TPSA) is 30.8 Å². The number of aliphatic imine (C=N–C) groups is 1. The smallest absolute Gasteiger partial charge is 0.120 e. The Morgan fingerprint density at radius 1 is 0.920 bits per heavy atom. The van der Waals surface area contributed by atoms with Crippen LogP contribution >= 0.6 is 11.6 Å². The molecule has 0 fully saturated rings. The molecule has 3 aromatic carbocycles. The van der Waals surface area contributed by atoms with Gasteiger partial charge >= 0.3 is 0 Å². The lowest BCUT2D eigenvalue weighted by Crippen LogP contribution is -1.96. The van der Waals surface area contributed by atoms with Crippen LogP contribution in [0.25, 0.3) is 0 Å². The van der Waals surface area contributed by atoms with Gasteiger partial charge in [0.05, 0.1) is 12.8 Å². The Morgan fingerprint density at radius 2 is 1.72 bits per heavy atom. The van der Waals surface area contributed by atoms with Crippen molar-refractivity contribution < 1.29 is 9.47 Å². The van der Waals surface area contributed by atoms with E-state index in [2.05, 4.69) is 4.99 Å². The Labute approximate surface area is 152 Å². The number of hydrogen-bond acceptors (Lipinski definition) is 3. The first-order chi connectivity index (χ1) is 12.2. The summed E-state index contributed by atoms with van der Waals surface area (Å²) in [5.74, 6) is 1.59. The molecule has 0 aromatic heterocycles. The predicted molar refractivity (Wildman–Crippen MR) is 102 cm³/mol. The highest BCUT2D eigenvalue weighted by Gasteiger charge is 2.01. The summed E-state index contributed by atoms with van der Waals surface area (Å²) >= 11 is 6.15. The molecule has 0 saturated heterocycles. The highest BCUT2D eigenvalue weighted by Crippen LogP contribution is 2.20. The minimum atomic E-state index is 0.429. The molecule has 25 heavy (non-hydrogen) atoms. The summed E-state index contributed by atoms with van der Waals surface area (Å²) in [6.45, 7) is 0.429. The van der Waals surface area contributed by atoms with Gasteiger partial charge in [-0.05, 0) is 48.0 Å². The molecule has 0 saturated carbocycles. The molecule has 0 N–H and O–H groups in total. The third-order valence-corrected chi connectivity index (χ3v) is 4.01. The molecule has 0 unspecified atom stereocenters. The van der Waals surface area contributed by atoms with E-state index in [4.69, 9.17) is 21.1 Å². The molecular formula is C21H18ClNO2. The molecule has 0 heterocycles. The van der Waals surface area contributed by atoms with E-state index in [-0.39, 0.29) is 0 Å². The molecule has 3 nitrogen and oxygen atoms in total.